The second kappa shape index (κ2) is 9.25. The lowest BCUT2D eigenvalue weighted by molar-refractivity contribution is -0.105. The predicted octanol–water partition coefficient (Wildman–Crippen LogP) is 11.3. The van der Waals surface area contributed by atoms with E-state index in [9.17, 15) is 0 Å². The van der Waals surface area contributed by atoms with E-state index in [1.807, 2.05) is 30.3 Å². The number of alkyl halides is 2. The van der Waals surface area contributed by atoms with Crippen molar-refractivity contribution in [3.63, 3.8) is 0 Å². The highest BCUT2D eigenvalue weighted by atomic mass is 19.3. The van der Waals surface area contributed by atoms with Gasteiger partial charge in [-0.3, -0.25) is 0 Å². The Balaban J connectivity index is 1.57. The largest absolute Gasteiger partial charge is 0.309 e. The molecule has 3 heteroatoms. The quantitative estimate of drug-likeness (QED) is 0.196. The number of benzene rings is 6. The summed E-state index contributed by atoms with van der Waals surface area (Å²) in [6.07, 6.45) is 0. The smallest absolute Gasteiger partial charge is 0.266 e. The summed E-state index contributed by atoms with van der Waals surface area (Å²) in [6, 6.07) is 43.8. The minimum absolute atomic E-state index is 0.724. The number of rotatable bonds is 4. The highest BCUT2D eigenvalue weighted by Gasteiger charge is 2.65. The Labute approximate surface area is 246 Å². The van der Waals surface area contributed by atoms with E-state index >= 15 is 8.78 Å². The molecule has 1 nitrogen and oxygen atoms in total. The van der Waals surface area contributed by atoms with E-state index in [-0.39, 0.29) is 0 Å². The molecule has 6 aromatic rings. The Morgan fingerprint density at radius 2 is 0.905 bits per heavy atom. The molecule has 0 bridgehead atoms. The van der Waals surface area contributed by atoms with Crippen molar-refractivity contribution in [1.82, 2.24) is 0 Å². The minimum atomic E-state index is -2.87. The molecule has 0 heterocycles. The number of hydrogen-bond acceptors (Lipinski definition) is 1. The zero-order valence-electron chi connectivity index (χ0n) is 24.3. The summed E-state index contributed by atoms with van der Waals surface area (Å²) in [7, 11) is 0. The van der Waals surface area contributed by atoms with E-state index in [0.29, 0.717) is 0 Å². The fourth-order valence-corrected chi connectivity index (χ4v) is 7.10. The van der Waals surface area contributed by atoms with E-state index in [2.05, 4.69) is 102 Å². The lowest BCUT2D eigenvalue weighted by Crippen LogP contribution is -2.46. The van der Waals surface area contributed by atoms with Gasteiger partial charge < -0.3 is 4.90 Å². The van der Waals surface area contributed by atoms with Gasteiger partial charge in [-0.15, -0.1) is 0 Å². The van der Waals surface area contributed by atoms with Crippen LogP contribution in [0.25, 0.3) is 32.7 Å². The maximum atomic E-state index is 15.8. The van der Waals surface area contributed by atoms with Crippen molar-refractivity contribution in [3.8, 4) is 11.1 Å². The molecule has 0 saturated carbocycles. The second-order valence-electron chi connectivity index (χ2n) is 12.4. The summed E-state index contributed by atoms with van der Waals surface area (Å²) in [4.78, 5) is 2.32. The fraction of sp³-hybridized carbons (Fsp3) is 0.179. The molecule has 0 amide bonds. The summed E-state index contributed by atoms with van der Waals surface area (Å²) in [5.41, 5.74) is 4.17. The molecule has 0 atom stereocenters. The average Bonchev–Trinajstić information content (AvgIpc) is 3.11. The average molecular weight is 554 g/mol. The first-order chi connectivity index (χ1) is 20.1. The molecule has 0 aliphatic heterocycles. The molecule has 0 fully saturated rings. The van der Waals surface area contributed by atoms with Crippen molar-refractivity contribution < 1.29 is 8.78 Å². The van der Waals surface area contributed by atoms with Crippen LogP contribution in [0.5, 0.6) is 0 Å². The highest BCUT2D eigenvalue weighted by molar-refractivity contribution is 6.22. The Morgan fingerprint density at radius 1 is 0.476 bits per heavy atom. The van der Waals surface area contributed by atoms with E-state index in [1.165, 1.54) is 0 Å². The van der Waals surface area contributed by atoms with Gasteiger partial charge >= 0.3 is 0 Å². The standard InChI is InChI=1S/C39H33F2N/c1-37(2)33-24-23-26(25-34(33)38(3,4)39(37,40)41)35-29-19-11-13-21-31(29)36(32-22-14-12-20-30(32)35)42(27-15-7-5-8-16-27)28-17-9-6-10-18-28/h5-25H,1-4H3. The molecule has 0 unspecified atom stereocenters. The molecule has 6 aromatic carbocycles. The van der Waals surface area contributed by atoms with Gasteiger partial charge in [-0.25, -0.2) is 8.78 Å². The van der Waals surface area contributed by atoms with Crippen LogP contribution in [-0.4, -0.2) is 5.92 Å². The van der Waals surface area contributed by atoms with Crippen molar-refractivity contribution >= 4 is 38.6 Å². The predicted molar refractivity (Wildman–Crippen MR) is 173 cm³/mol. The minimum Gasteiger partial charge on any atom is -0.309 e. The highest BCUT2D eigenvalue weighted by Crippen LogP contribution is 2.60. The first-order valence-corrected chi connectivity index (χ1v) is 14.5. The zero-order valence-corrected chi connectivity index (χ0v) is 24.3. The van der Waals surface area contributed by atoms with Gasteiger partial charge in [-0.05, 0) is 85.0 Å². The molecule has 1 aliphatic carbocycles. The number of anilines is 3. The molecule has 0 aromatic heterocycles. The maximum Gasteiger partial charge on any atom is 0.266 e. The summed E-state index contributed by atoms with van der Waals surface area (Å²) in [6.45, 7) is 6.70. The van der Waals surface area contributed by atoms with Crippen LogP contribution < -0.4 is 4.90 Å². The number of halogens is 2. The summed E-state index contributed by atoms with van der Waals surface area (Å²) < 4.78 is 31.6. The molecule has 0 radical (unpaired) electrons. The molecule has 1 aliphatic rings. The van der Waals surface area contributed by atoms with Gasteiger partial charge in [-0.2, -0.15) is 0 Å². The molecule has 0 saturated heterocycles. The monoisotopic (exact) mass is 553 g/mol. The van der Waals surface area contributed by atoms with Gasteiger partial charge in [-0.1, -0.05) is 103 Å². The lowest BCUT2D eigenvalue weighted by Gasteiger charge is -2.35. The normalized spacial score (nSPS) is 16.4. The summed E-state index contributed by atoms with van der Waals surface area (Å²) in [5, 5.41) is 4.38. The van der Waals surface area contributed by atoms with E-state index in [4.69, 9.17) is 0 Å². The Morgan fingerprint density at radius 3 is 1.40 bits per heavy atom. The third-order valence-electron chi connectivity index (χ3n) is 9.38. The SMILES string of the molecule is CC1(C)c2ccc(-c3c4ccccc4c(N(c4ccccc4)c4ccccc4)c4ccccc34)cc2C(C)(C)C1(F)F. The fourth-order valence-electron chi connectivity index (χ4n) is 7.10. The summed E-state index contributed by atoms with van der Waals surface area (Å²) >= 11 is 0. The second-order valence-corrected chi connectivity index (χ2v) is 12.4. The number of hydrogen-bond donors (Lipinski definition) is 0. The Bertz CT molecular complexity index is 1860. The number of fused-ring (bicyclic) bond motifs is 3. The van der Waals surface area contributed by atoms with Crippen molar-refractivity contribution in [2.24, 2.45) is 0 Å². The van der Waals surface area contributed by atoms with Gasteiger partial charge in [0, 0.05) is 22.1 Å². The van der Waals surface area contributed by atoms with Gasteiger partial charge in [0.25, 0.3) is 5.92 Å². The van der Waals surface area contributed by atoms with Crippen molar-refractivity contribution in [1.29, 1.82) is 0 Å². The van der Waals surface area contributed by atoms with E-state index in [0.717, 1.165) is 60.9 Å². The van der Waals surface area contributed by atoms with Crippen LogP contribution >= 0.6 is 0 Å². The topological polar surface area (TPSA) is 3.24 Å². The van der Waals surface area contributed by atoms with Gasteiger partial charge in [0.2, 0.25) is 0 Å². The zero-order chi connectivity index (χ0) is 29.3. The third-order valence-corrected chi connectivity index (χ3v) is 9.38. The Hall–Kier alpha value is -4.50. The molecular weight excluding hydrogens is 520 g/mol. The van der Waals surface area contributed by atoms with Crippen LogP contribution in [0.2, 0.25) is 0 Å². The molecule has 42 heavy (non-hydrogen) atoms. The van der Waals surface area contributed by atoms with Crippen LogP contribution in [-0.2, 0) is 10.8 Å². The van der Waals surface area contributed by atoms with Crippen LogP contribution in [0.1, 0.15) is 38.8 Å². The molecule has 0 N–H and O–H groups in total. The number of nitrogens with zero attached hydrogens (tertiary/aromatic N) is 1. The van der Waals surface area contributed by atoms with Crippen LogP contribution in [0.4, 0.5) is 25.8 Å². The van der Waals surface area contributed by atoms with Gasteiger partial charge in [0.05, 0.1) is 16.5 Å². The van der Waals surface area contributed by atoms with Crippen molar-refractivity contribution in [2.75, 3.05) is 4.90 Å². The van der Waals surface area contributed by atoms with E-state index < -0.39 is 16.8 Å². The van der Waals surface area contributed by atoms with Gasteiger partial charge in [0.15, 0.2) is 0 Å². The van der Waals surface area contributed by atoms with Crippen molar-refractivity contribution in [2.45, 2.75) is 44.4 Å². The van der Waals surface area contributed by atoms with Crippen LogP contribution in [0.15, 0.2) is 127 Å². The Kier molecular flexibility index (Phi) is 5.82. The van der Waals surface area contributed by atoms with Crippen molar-refractivity contribution in [3.05, 3.63) is 139 Å². The molecule has 208 valence electrons. The summed E-state index contributed by atoms with van der Waals surface area (Å²) in [5.74, 6) is -2.87. The van der Waals surface area contributed by atoms with Crippen LogP contribution in [0, 0.1) is 0 Å². The van der Waals surface area contributed by atoms with Crippen LogP contribution in [0.3, 0.4) is 0 Å². The first-order valence-electron chi connectivity index (χ1n) is 14.5. The third kappa shape index (κ3) is 3.59. The number of para-hydroxylation sites is 2. The van der Waals surface area contributed by atoms with Gasteiger partial charge in [0.1, 0.15) is 0 Å². The molecule has 0 spiro atoms. The van der Waals surface area contributed by atoms with E-state index in [1.54, 1.807) is 27.7 Å². The molecular formula is C39H33F2N. The molecule has 7 rings (SSSR count). The lowest BCUT2D eigenvalue weighted by atomic mass is 9.77. The first kappa shape index (κ1) is 26.4. The maximum absolute atomic E-state index is 15.8.